The summed E-state index contributed by atoms with van der Waals surface area (Å²) in [6, 6.07) is 0. The molecule has 3 nitrogen and oxygen atoms in total. The molecule has 62 valence electrons. The van der Waals surface area contributed by atoms with Crippen LogP contribution in [0.1, 0.15) is 22.5 Å². The summed E-state index contributed by atoms with van der Waals surface area (Å²) in [5.74, 6) is 0. The van der Waals surface area contributed by atoms with Crippen molar-refractivity contribution in [1.29, 1.82) is 0 Å². The summed E-state index contributed by atoms with van der Waals surface area (Å²) in [6.07, 6.45) is 3.89. The number of aromatic amines is 1. The number of hydrogen-bond donors (Lipinski definition) is 1. The number of H-pyrrole nitrogens is 1. The molecule has 1 aromatic heterocycles. The predicted molar refractivity (Wildman–Crippen MR) is 45.6 cm³/mol. The van der Waals surface area contributed by atoms with Crippen molar-refractivity contribution in [1.82, 2.24) is 4.98 Å². The number of fused-ring (bicyclic) bond motifs is 1. The molecule has 0 amide bonds. The zero-order chi connectivity index (χ0) is 8.55. The predicted octanol–water partition coefficient (Wildman–Crippen LogP) is -0.0606. The maximum atomic E-state index is 10.7. The Balaban J connectivity index is 2.88. The third-order valence-corrected chi connectivity index (χ3v) is 2.12. The van der Waals surface area contributed by atoms with Crippen LogP contribution in [0.4, 0.5) is 0 Å². The molecule has 0 aliphatic carbocycles. The lowest BCUT2D eigenvalue weighted by Crippen LogP contribution is -2.28. The number of aryl methyl sites for hydroxylation is 1. The summed E-state index contributed by atoms with van der Waals surface area (Å²) in [5, 5.41) is 0.980. The molecular weight excluding hydrogens is 152 g/mol. The van der Waals surface area contributed by atoms with Crippen LogP contribution in [0.2, 0.25) is 0 Å². The van der Waals surface area contributed by atoms with Gasteiger partial charge in [0.15, 0.2) is 6.29 Å². The van der Waals surface area contributed by atoms with Gasteiger partial charge in [-0.3, -0.25) is 9.79 Å². The Morgan fingerprint density at radius 2 is 2.50 bits per heavy atom. The zero-order valence-electron chi connectivity index (χ0n) is 6.92. The molecule has 1 aromatic rings. The molecule has 12 heavy (non-hydrogen) atoms. The quantitative estimate of drug-likeness (QED) is 0.578. The van der Waals surface area contributed by atoms with Gasteiger partial charge < -0.3 is 4.98 Å². The van der Waals surface area contributed by atoms with Crippen LogP contribution < -0.4 is 10.7 Å². The third-order valence-electron chi connectivity index (χ3n) is 2.12. The topological polar surface area (TPSA) is 45.2 Å². The van der Waals surface area contributed by atoms with Crippen molar-refractivity contribution in [3.8, 4) is 0 Å². The Kier molecular flexibility index (Phi) is 1.57. The van der Waals surface area contributed by atoms with Crippen LogP contribution in [0, 0.1) is 6.92 Å². The van der Waals surface area contributed by atoms with Crippen LogP contribution in [-0.4, -0.2) is 17.8 Å². The van der Waals surface area contributed by atoms with Crippen molar-refractivity contribution >= 4 is 12.4 Å². The number of carbonyl (C=O) groups excluding carboxylic acids is 1. The summed E-state index contributed by atoms with van der Waals surface area (Å²) < 4.78 is 0. The molecule has 0 aromatic carbocycles. The molecule has 0 spiro atoms. The van der Waals surface area contributed by atoms with Gasteiger partial charge in [-0.15, -0.1) is 0 Å². The number of aldehydes is 1. The summed E-state index contributed by atoms with van der Waals surface area (Å²) in [4.78, 5) is 18.0. The first-order valence-corrected chi connectivity index (χ1v) is 4.01. The Morgan fingerprint density at radius 3 is 3.25 bits per heavy atom. The standard InChI is InChI=1S/C9H10N2O/c1-6-8(5-12)7-3-2-4-10-9(7)11-6/h3,5H,2,4H2,1H3,(H,10,11). The fourth-order valence-corrected chi connectivity index (χ4v) is 1.51. The van der Waals surface area contributed by atoms with Gasteiger partial charge in [0.25, 0.3) is 0 Å². The third kappa shape index (κ3) is 0.897. The van der Waals surface area contributed by atoms with E-state index >= 15 is 0 Å². The molecule has 0 radical (unpaired) electrons. The van der Waals surface area contributed by atoms with Gasteiger partial charge in [0.05, 0.1) is 0 Å². The number of hydrogen-bond acceptors (Lipinski definition) is 2. The van der Waals surface area contributed by atoms with Crippen molar-refractivity contribution in [3.05, 3.63) is 22.0 Å². The largest absolute Gasteiger partial charge is 0.343 e. The number of rotatable bonds is 1. The van der Waals surface area contributed by atoms with Crippen LogP contribution >= 0.6 is 0 Å². The van der Waals surface area contributed by atoms with Crippen LogP contribution in [0.3, 0.4) is 0 Å². The second-order valence-electron chi connectivity index (χ2n) is 2.92. The molecule has 2 rings (SSSR count). The average Bonchev–Trinajstić information content (AvgIpc) is 2.40. The average molecular weight is 162 g/mol. The Labute approximate surface area is 69.8 Å². The van der Waals surface area contributed by atoms with Gasteiger partial charge in [0, 0.05) is 23.0 Å². The molecule has 0 fully saturated rings. The van der Waals surface area contributed by atoms with Crippen molar-refractivity contribution in [2.75, 3.05) is 6.54 Å². The molecule has 0 unspecified atom stereocenters. The molecule has 0 atom stereocenters. The lowest BCUT2D eigenvalue weighted by molar-refractivity contribution is 0.112. The second-order valence-corrected chi connectivity index (χ2v) is 2.92. The minimum absolute atomic E-state index is 0.758. The smallest absolute Gasteiger partial charge is 0.152 e. The normalized spacial score (nSPS) is 14.4. The maximum Gasteiger partial charge on any atom is 0.152 e. The van der Waals surface area contributed by atoms with E-state index in [9.17, 15) is 4.79 Å². The van der Waals surface area contributed by atoms with E-state index in [0.717, 1.165) is 41.2 Å². The van der Waals surface area contributed by atoms with Crippen LogP contribution in [0.25, 0.3) is 6.08 Å². The van der Waals surface area contributed by atoms with E-state index in [1.54, 1.807) is 0 Å². The number of aromatic nitrogens is 1. The first kappa shape index (κ1) is 7.28. The van der Waals surface area contributed by atoms with Crippen molar-refractivity contribution in [3.63, 3.8) is 0 Å². The van der Waals surface area contributed by atoms with Gasteiger partial charge in [0.2, 0.25) is 0 Å². The molecule has 1 aliphatic rings. The lowest BCUT2D eigenvalue weighted by atomic mass is 10.2. The monoisotopic (exact) mass is 162 g/mol. The Hall–Kier alpha value is -1.38. The van der Waals surface area contributed by atoms with Crippen LogP contribution in [-0.2, 0) is 0 Å². The summed E-state index contributed by atoms with van der Waals surface area (Å²) in [7, 11) is 0. The fourth-order valence-electron chi connectivity index (χ4n) is 1.51. The molecule has 1 N–H and O–H groups in total. The van der Waals surface area contributed by atoms with E-state index in [1.165, 1.54) is 0 Å². The highest BCUT2D eigenvalue weighted by Crippen LogP contribution is 1.95. The molecule has 3 heteroatoms. The van der Waals surface area contributed by atoms with Gasteiger partial charge in [-0.25, -0.2) is 0 Å². The molecule has 0 saturated carbocycles. The second kappa shape index (κ2) is 2.59. The Bertz CT molecular complexity index is 428. The maximum absolute atomic E-state index is 10.7. The first-order valence-electron chi connectivity index (χ1n) is 4.01. The van der Waals surface area contributed by atoms with Gasteiger partial charge in [-0.1, -0.05) is 6.08 Å². The number of nitrogens with zero attached hydrogens (tertiary/aromatic N) is 1. The molecule has 2 heterocycles. The SMILES string of the molecule is Cc1[nH]c2c(c1C=O)=CCCN=2. The minimum Gasteiger partial charge on any atom is -0.343 e. The molecule has 1 aliphatic heterocycles. The van der Waals surface area contributed by atoms with Crippen molar-refractivity contribution in [2.45, 2.75) is 13.3 Å². The highest BCUT2D eigenvalue weighted by molar-refractivity contribution is 5.77. The van der Waals surface area contributed by atoms with E-state index < -0.39 is 0 Å². The van der Waals surface area contributed by atoms with Gasteiger partial charge in [0.1, 0.15) is 5.49 Å². The lowest BCUT2D eigenvalue weighted by Gasteiger charge is -1.92. The first-order chi connectivity index (χ1) is 5.83. The van der Waals surface area contributed by atoms with Gasteiger partial charge in [-0.2, -0.15) is 0 Å². The van der Waals surface area contributed by atoms with E-state index in [1.807, 2.05) is 6.92 Å². The van der Waals surface area contributed by atoms with Gasteiger partial charge in [-0.05, 0) is 13.3 Å². The molecule has 0 bridgehead atoms. The van der Waals surface area contributed by atoms with E-state index in [-0.39, 0.29) is 0 Å². The highest BCUT2D eigenvalue weighted by Gasteiger charge is 2.05. The number of carbonyl (C=O) groups is 1. The van der Waals surface area contributed by atoms with Gasteiger partial charge >= 0.3 is 0 Å². The van der Waals surface area contributed by atoms with E-state index in [2.05, 4.69) is 16.1 Å². The van der Waals surface area contributed by atoms with E-state index in [0.29, 0.717) is 0 Å². The van der Waals surface area contributed by atoms with Crippen LogP contribution in [0.5, 0.6) is 0 Å². The molecule has 0 saturated heterocycles. The molecular formula is C9H10N2O. The van der Waals surface area contributed by atoms with E-state index in [4.69, 9.17) is 0 Å². The highest BCUT2D eigenvalue weighted by atomic mass is 16.1. The minimum atomic E-state index is 0.758. The van der Waals surface area contributed by atoms with Crippen molar-refractivity contribution in [2.24, 2.45) is 4.99 Å². The Morgan fingerprint density at radius 1 is 1.67 bits per heavy atom. The number of nitrogens with one attached hydrogen (secondary N) is 1. The fraction of sp³-hybridized carbons (Fsp3) is 0.333. The summed E-state index contributed by atoms with van der Waals surface area (Å²) >= 11 is 0. The zero-order valence-corrected chi connectivity index (χ0v) is 6.92. The summed E-state index contributed by atoms with van der Waals surface area (Å²) in [5.41, 5.74) is 2.53. The van der Waals surface area contributed by atoms with Crippen LogP contribution in [0.15, 0.2) is 4.99 Å². The van der Waals surface area contributed by atoms with Crippen molar-refractivity contribution < 1.29 is 4.79 Å². The summed E-state index contributed by atoms with van der Waals surface area (Å²) in [6.45, 7) is 2.72.